The zero-order valence-corrected chi connectivity index (χ0v) is 18.6. The minimum atomic E-state index is -0.702. The minimum absolute atomic E-state index is 0.0514. The predicted octanol–water partition coefficient (Wildman–Crippen LogP) is 2.75. The number of aromatic nitrogens is 3. The summed E-state index contributed by atoms with van der Waals surface area (Å²) in [5.41, 5.74) is 2.83. The van der Waals surface area contributed by atoms with Gasteiger partial charge in [-0.2, -0.15) is 9.78 Å². The summed E-state index contributed by atoms with van der Waals surface area (Å²) >= 11 is 0. The van der Waals surface area contributed by atoms with Gasteiger partial charge in [0.05, 0.1) is 12.2 Å². The molecule has 0 saturated carbocycles. The number of amides is 1. The molecule has 0 aliphatic rings. The second kappa shape index (κ2) is 9.12. The molecule has 0 saturated heterocycles. The number of carbonyl (C=O) groups is 1. The number of carbonyl (C=O) groups excluding carboxylic acids is 1. The Kier molecular flexibility index (Phi) is 6.53. The summed E-state index contributed by atoms with van der Waals surface area (Å²) in [5, 5.41) is 6.89. The lowest BCUT2D eigenvalue weighted by atomic mass is 10.1. The molecule has 7 nitrogen and oxygen atoms in total. The minimum Gasteiger partial charge on any atom is -0.350 e. The van der Waals surface area contributed by atoms with Crippen LogP contribution in [0.3, 0.4) is 0 Å². The molecule has 162 valence electrons. The van der Waals surface area contributed by atoms with Gasteiger partial charge in [-0.3, -0.25) is 14.2 Å². The van der Waals surface area contributed by atoms with Crippen molar-refractivity contribution in [2.24, 2.45) is 5.92 Å². The van der Waals surface area contributed by atoms with Crippen molar-refractivity contribution in [2.75, 3.05) is 6.54 Å². The van der Waals surface area contributed by atoms with E-state index in [-0.39, 0.29) is 18.2 Å². The van der Waals surface area contributed by atoms with Crippen LogP contribution in [0.4, 0.5) is 0 Å². The number of nitrogens with one attached hydrogen (secondary N) is 1. The zero-order chi connectivity index (χ0) is 22.7. The van der Waals surface area contributed by atoms with E-state index in [0.29, 0.717) is 12.2 Å². The Balaban J connectivity index is 2.17. The predicted molar refractivity (Wildman–Crippen MR) is 121 cm³/mol. The van der Waals surface area contributed by atoms with Crippen molar-refractivity contribution >= 4 is 5.91 Å². The Labute approximate surface area is 181 Å². The van der Waals surface area contributed by atoms with Crippen molar-refractivity contribution in [3.8, 4) is 5.69 Å². The maximum atomic E-state index is 13.2. The highest BCUT2D eigenvalue weighted by molar-refractivity contribution is 5.91. The van der Waals surface area contributed by atoms with Gasteiger partial charge < -0.3 is 5.32 Å². The molecule has 0 bridgehead atoms. The summed E-state index contributed by atoms with van der Waals surface area (Å²) in [6.07, 6.45) is 0. The lowest BCUT2D eigenvalue weighted by Gasteiger charge is -2.14. The molecule has 0 aliphatic carbocycles. The van der Waals surface area contributed by atoms with Crippen LogP contribution in [-0.2, 0) is 6.54 Å². The van der Waals surface area contributed by atoms with Crippen LogP contribution in [0.1, 0.15) is 46.6 Å². The highest BCUT2D eigenvalue weighted by Crippen LogP contribution is 2.12. The summed E-state index contributed by atoms with van der Waals surface area (Å²) in [7, 11) is 0. The van der Waals surface area contributed by atoms with Gasteiger partial charge in [-0.25, -0.2) is 4.79 Å². The average molecular weight is 421 g/mol. The molecular formula is C24H28N4O3. The van der Waals surface area contributed by atoms with Gasteiger partial charge in [-0.15, -0.1) is 0 Å². The van der Waals surface area contributed by atoms with Gasteiger partial charge in [0.2, 0.25) is 5.69 Å². The van der Waals surface area contributed by atoms with Gasteiger partial charge in [-0.05, 0) is 55.5 Å². The van der Waals surface area contributed by atoms with Gasteiger partial charge in [0.15, 0.2) is 0 Å². The normalized spacial score (nSPS) is 11.0. The standard InChI is InChI=1S/C24H28N4O3/c1-15(2)13-25-22(29)21-23(30)27(14-19-9-6-16(3)7-10-19)24(31)28(26-21)20-11-8-17(4)18(5)12-20/h6-12,15H,13-14H2,1-5H3,(H,25,29). The number of hydrogen-bond acceptors (Lipinski definition) is 4. The Morgan fingerprint density at radius 3 is 2.29 bits per heavy atom. The van der Waals surface area contributed by atoms with Crippen molar-refractivity contribution in [1.82, 2.24) is 19.7 Å². The first-order valence-electron chi connectivity index (χ1n) is 10.3. The monoisotopic (exact) mass is 420 g/mol. The van der Waals surface area contributed by atoms with E-state index in [2.05, 4.69) is 10.4 Å². The number of hydrogen-bond donors (Lipinski definition) is 1. The van der Waals surface area contributed by atoms with E-state index < -0.39 is 17.2 Å². The first-order valence-corrected chi connectivity index (χ1v) is 10.3. The lowest BCUT2D eigenvalue weighted by molar-refractivity contribution is 0.0939. The molecule has 3 aromatic rings. The number of benzene rings is 2. The second-order valence-electron chi connectivity index (χ2n) is 8.29. The van der Waals surface area contributed by atoms with Gasteiger partial charge >= 0.3 is 5.69 Å². The van der Waals surface area contributed by atoms with Crippen molar-refractivity contribution in [2.45, 2.75) is 41.2 Å². The first-order chi connectivity index (χ1) is 14.7. The number of rotatable bonds is 6. The van der Waals surface area contributed by atoms with E-state index in [0.717, 1.165) is 31.5 Å². The van der Waals surface area contributed by atoms with Crippen molar-refractivity contribution < 1.29 is 4.79 Å². The van der Waals surface area contributed by atoms with Crippen LogP contribution in [0.5, 0.6) is 0 Å². The SMILES string of the molecule is Cc1ccc(Cn2c(=O)c(C(=O)NCC(C)C)nn(-c3ccc(C)c(C)c3)c2=O)cc1. The molecule has 0 fully saturated rings. The van der Waals surface area contributed by atoms with E-state index in [9.17, 15) is 14.4 Å². The molecule has 1 aromatic heterocycles. The van der Waals surface area contributed by atoms with Crippen LogP contribution in [0.25, 0.3) is 5.69 Å². The molecular weight excluding hydrogens is 392 g/mol. The smallest absolute Gasteiger partial charge is 0.350 e. The molecule has 0 atom stereocenters. The van der Waals surface area contributed by atoms with Crippen LogP contribution in [0.15, 0.2) is 52.1 Å². The Bertz CT molecular complexity index is 1220. The van der Waals surface area contributed by atoms with Crippen LogP contribution >= 0.6 is 0 Å². The number of aryl methyl sites for hydroxylation is 3. The fourth-order valence-corrected chi connectivity index (χ4v) is 3.08. The largest absolute Gasteiger partial charge is 0.352 e. The van der Waals surface area contributed by atoms with Crippen LogP contribution in [0.2, 0.25) is 0 Å². The van der Waals surface area contributed by atoms with Crippen LogP contribution in [0, 0.1) is 26.7 Å². The van der Waals surface area contributed by atoms with Gasteiger partial charge in [0.25, 0.3) is 11.5 Å². The molecule has 0 spiro atoms. The molecule has 3 rings (SSSR count). The van der Waals surface area contributed by atoms with Gasteiger partial charge in [0.1, 0.15) is 0 Å². The fraction of sp³-hybridized carbons (Fsp3) is 0.333. The maximum Gasteiger partial charge on any atom is 0.352 e. The van der Waals surface area contributed by atoms with Crippen molar-refractivity contribution in [1.29, 1.82) is 0 Å². The van der Waals surface area contributed by atoms with Crippen molar-refractivity contribution in [3.63, 3.8) is 0 Å². The molecule has 0 radical (unpaired) electrons. The van der Waals surface area contributed by atoms with E-state index >= 15 is 0 Å². The Morgan fingerprint density at radius 1 is 1.00 bits per heavy atom. The van der Waals surface area contributed by atoms with Crippen molar-refractivity contribution in [3.05, 3.63) is 91.3 Å². The summed E-state index contributed by atoms with van der Waals surface area (Å²) < 4.78 is 2.20. The summed E-state index contributed by atoms with van der Waals surface area (Å²) in [4.78, 5) is 39.0. The van der Waals surface area contributed by atoms with E-state index in [4.69, 9.17) is 0 Å². The summed E-state index contributed by atoms with van der Waals surface area (Å²) in [6.45, 7) is 10.2. The van der Waals surface area contributed by atoms with Gasteiger partial charge in [0, 0.05) is 6.54 Å². The first kappa shape index (κ1) is 22.2. The third-order valence-electron chi connectivity index (χ3n) is 5.14. The lowest BCUT2D eigenvalue weighted by Crippen LogP contribution is -2.46. The maximum absolute atomic E-state index is 13.2. The molecule has 31 heavy (non-hydrogen) atoms. The van der Waals surface area contributed by atoms with E-state index in [1.807, 2.05) is 71.0 Å². The molecule has 1 heterocycles. The fourth-order valence-electron chi connectivity index (χ4n) is 3.08. The topological polar surface area (TPSA) is 86.0 Å². The summed E-state index contributed by atoms with van der Waals surface area (Å²) in [5.74, 6) is -0.377. The molecule has 1 amide bonds. The van der Waals surface area contributed by atoms with Crippen LogP contribution in [-0.4, -0.2) is 26.8 Å². The third-order valence-corrected chi connectivity index (χ3v) is 5.14. The molecule has 1 N–H and O–H groups in total. The highest BCUT2D eigenvalue weighted by Gasteiger charge is 2.20. The highest BCUT2D eigenvalue weighted by atomic mass is 16.2. The van der Waals surface area contributed by atoms with E-state index in [1.165, 1.54) is 0 Å². The Hall–Kier alpha value is -3.48. The van der Waals surface area contributed by atoms with Crippen LogP contribution < -0.4 is 16.6 Å². The third kappa shape index (κ3) is 4.99. The molecule has 7 heteroatoms. The molecule has 0 unspecified atom stereocenters. The van der Waals surface area contributed by atoms with Gasteiger partial charge in [-0.1, -0.05) is 49.7 Å². The molecule has 0 aliphatic heterocycles. The number of nitrogens with zero attached hydrogens (tertiary/aromatic N) is 3. The molecule has 2 aromatic carbocycles. The van der Waals surface area contributed by atoms with E-state index in [1.54, 1.807) is 6.07 Å². The quantitative estimate of drug-likeness (QED) is 0.664. The zero-order valence-electron chi connectivity index (χ0n) is 18.6. The average Bonchev–Trinajstić information content (AvgIpc) is 2.73. The Morgan fingerprint density at radius 2 is 1.68 bits per heavy atom. The summed E-state index contributed by atoms with van der Waals surface area (Å²) in [6, 6.07) is 13.0. The second-order valence-corrected chi connectivity index (χ2v) is 8.29.